The van der Waals surface area contributed by atoms with E-state index in [0.29, 0.717) is 16.9 Å². The van der Waals surface area contributed by atoms with E-state index < -0.39 is 5.82 Å². The Morgan fingerprint density at radius 3 is 2.85 bits per heavy atom. The molecule has 1 aromatic carbocycles. The van der Waals surface area contributed by atoms with Crippen molar-refractivity contribution in [1.82, 2.24) is 5.32 Å². The lowest BCUT2D eigenvalue weighted by molar-refractivity contribution is -0.121. The van der Waals surface area contributed by atoms with E-state index in [1.54, 1.807) is 12.1 Å². The minimum atomic E-state index is -0.419. The summed E-state index contributed by atoms with van der Waals surface area (Å²) in [6.07, 6.45) is 3.36. The van der Waals surface area contributed by atoms with Gasteiger partial charge in [-0.25, -0.2) is 4.39 Å². The Hall–Kier alpha value is -1.09. The van der Waals surface area contributed by atoms with E-state index in [-0.39, 0.29) is 23.9 Å². The molecule has 0 heterocycles. The average Bonchev–Trinajstić information content (AvgIpc) is 2.39. The fourth-order valence-electron chi connectivity index (χ4n) is 2.91. The third kappa shape index (κ3) is 3.51. The molecule has 2 nitrogen and oxygen atoms in total. The second-order valence-corrected chi connectivity index (χ2v) is 6.23. The standard InChI is InChI=1S/C16H21ClFNO/c1-10-5-3-8-15(11(10)2)19-16(20)9-12-13(17)6-4-7-14(12)18/h4,6-7,10-11,15H,3,5,8-9H2,1-2H3,(H,19,20). The topological polar surface area (TPSA) is 29.1 Å². The number of hydrogen-bond donors (Lipinski definition) is 1. The Kier molecular flexibility index (Phi) is 5.03. The second-order valence-electron chi connectivity index (χ2n) is 5.82. The molecule has 3 atom stereocenters. The molecule has 1 fully saturated rings. The van der Waals surface area contributed by atoms with Crippen LogP contribution in [0.4, 0.5) is 4.39 Å². The summed E-state index contributed by atoms with van der Waals surface area (Å²) in [7, 11) is 0. The van der Waals surface area contributed by atoms with Crippen LogP contribution in [-0.2, 0) is 11.2 Å². The first-order chi connectivity index (χ1) is 9.49. The third-order valence-electron chi connectivity index (χ3n) is 4.45. The minimum Gasteiger partial charge on any atom is -0.353 e. The van der Waals surface area contributed by atoms with E-state index >= 15 is 0 Å². The van der Waals surface area contributed by atoms with Crippen molar-refractivity contribution in [3.05, 3.63) is 34.6 Å². The number of rotatable bonds is 3. The molecule has 1 saturated carbocycles. The Labute approximate surface area is 124 Å². The third-order valence-corrected chi connectivity index (χ3v) is 4.81. The molecule has 0 radical (unpaired) electrons. The highest BCUT2D eigenvalue weighted by molar-refractivity contribution is 6.31. The molecule has 0 bridgehead atoms. The first kappa shape index (κ1) is 15.3. The molecule has 1 aliphatic carbocycles. The molecule has 110 valence electrons. The quantitative estimate of drug-likeness (QED) is 0.899. The van der Waals surface area contributed by atoms with E-state index in [4.69, 9.17) is 11.6 Å². The van der Waals surface area contributed by atoms with E-state index in [1.165, 1.54) is 12.5 Å². The van der Waals surface area contributed by atoms with Gasteiger partial charge in [0.15, 0.2) is 0 Å². The van der Waals surface area contributed by atoms with Crippen LogP contribution < -0.4 is 5.32 Å². The highest BCUT2D eigenvalue weighted by atomic mass is 35.5. The summed E-state index contributed by atoms with van der Waals surface area (Å²) in [5, 5.41) is 3.35. The molecular weight excluding hydrogens is 277 g/mol. The van der Waals surface area contributed by atoms with E-state index in [1.807, 2.05) is 0 Å². The van der Waals surface area contributed by atoms with Gasteiger partial charge in [-0.1, -0.05) is 44.4 Å². The van der Waals surface area contributed by atoms with Gasteiger partial charge >= 0.3 is 0 Å². The Morgan fingerprint density at radius 1 is 1.40 bits per heavy atom. The second kappa shape index (κ2) is 6.57. The molecule has 0 spiro atoms. The predicted molar refractivity (Wildman–Crippen MR) is 79.2 cm³/mol. The zero-order valence-electron chi connectivity index (χ0n) is 12.0. The fraction of sp³-hybridized carbons (Fsp3) is 0.562. The van der Waals surface area contributed by atoms with Crippen LogP contribution in [0.5, 0.6) is 0 Å². The highest BCUT2D eigenvalue weighted by Crippen LogP contribution is 2.29. The largest absolute Gasteiger partial charge is 0.353 e. The summed E-state index contributed by atoms with van der Waals surface area (Å²) in [6, 6.07) is 4.68. The molecule has 1 N–H and O–H groups in total. The van der Waals surface area contributed by atoms with Gasteiger partial charge in [-0.15, -0.1) is 0 Å². The molecule has 4 heteroatoms. The summed E-state index contributed by atoms with van der Waals surface area (Å²) in [6.45, 7) is 4.39. The van der Waals surface area contributed by atoms with E-state index in [2.05, 4.69) is 19.2 Å². The van der Waals surface area contributed by atoms with Gasteiger partial charge in [0.05, 0.1) is 6.42 Å². The molecule has 0 saturated heterocycles. The maximum atomic E-state index is 13.7. The SMILES string of the molecule is CC1CCCC(NC(=O)Cc2c(F)cccc2Cl)C1C. The number of benzene rings is 1. The van der Waals surface area contributed by atoms with Crippen molar-refractivity contribution < 1.29 is 9.18 Å². The monoisotopic (exact) mass is 297 g/mol. The van der Waals surface area contributed by atoms with Gasteiger partial charge in [-0.2, -0.15) is 0 Å². The van der Waals surface area contributed by atoms with Crippen LogP contribution >= 0.6 is 11.6 Å². The van der Waals surface area contributed by atoms with Gasteiger partial charge < -0.3 is 5.32 Å². The van der Waals surface area contributed by atoms with Gasteiger partial charge in [0.2, 0.25) is 5.91 Å². The summed E-state index contributed by atoms with van der Waals surface area (Å²) in [5.74, 6) is 0.510. The summed E-state index contributed by atoms with van der Waals surface area (Å²) in [5.41, 5.74) is 0.281. The minimum absolute atomic E-state index is 0.00308. The van der Waals surface area contributed by atoms with Crippen LogP contribution in [0.15, 0.2) is 18.2 Å². The summed E-state index contributed by atoms with van der Waals surface area (Å²) in [4.78, 5) is 12.1. The first-order valence-corrected chi connectivity index (χ1v) is 7.59. The molecule has 1 amide bonds. The maximum Gasteiger partial charge on any atom is 0.224 e. The van der Waals surface area contributed by atoms with Crippen molar-refractivity contribution >= 4 is 17.5 Å². The van der Waals surface area contributed by atoms with Gasteiger partial charge in [0, 0.05) is 16.6 Å². The highest BCUT2D eigenvalue weighted by Gasteiger charge is 2.28. The lowest BCUT2D eigenvalue weighted by Crippen LogP contribution is -2.44. The maximum absolute atomic E-state index is 13.7. The average molecular weight is 298 g/mol. The predicted octanol–water partition coefficient (Wildman–Crippen LogP) is 3.96. The van der Waals surface area contributed by atoms with E-state index in [0.717, 1.165) is 12.8 Å². The molecule has 20 heavy (non-hydrogen) atoms. The van der Waals surface area contributed by atoms with Crippen LogP contribution in [0.1, 0.15) is 38.7 Å². The van der Waals surface area contributed by atoms with Crippen molar-refractivity contribution in [2.75, 3.05) is 0 Å². The van der Waals surface area contributed by atoms with E-state index in [9.17, 15) is 9.18 Å². The van der Waals surface area contributed by atoms with Crippen molar-refractivity contribution in [1.29, 1.82) is 0 Å². The number of amides is 1. The van der Waals surface area contributed by atoms with Crippen molar-refractivity contribution in [3.8, 4) is 0 Å². The van der Waals surface area contributed by atoms with Gasteiger partial charge in [-0.3, -0.25) is 4.79 Å². The van der Waals surface area contributed by atoms with Crippen molar-refractivity contribution in [2.45, 2.75) is 45.6 Å². The number of nitrogens with one attached hydrogen (secondary N) is 1. The Bertz CT molecular complexity index is 471. The zero-order valence-corrected chi connectivity index (χ0v) is 12.7. The van der Waals surface area contributed by atoms with Crippen LogP contribution in [0, 0.1) is 17.7 Å². The molecule has 0 aliphatic heterocycles. The van der Waals surface area contributed by atoms with Crippen LogP contribution in [0.2, 0.25) is 5.02 Å². The number of carbonyl (C=O) groups is 1. The first-order valence-electron chi connectivity index (χ1n) is 7.21. The van der Waals surface area contributed by atoms with Crippen LogP contribution in [-0.4, -0.2) is 11.9 Å². The normalized spacial score (nSPS) is 26.3. The molecule has 0 aromatic heterocycles. The number of halogens is 2. The Morgan fingerprint density at radius 2 is 2.15 bits per heavy atom. The van der Waals surface area contributed by atoms with Crippen LogP contribution in [0.3, 0.4) is 0 Å². The summed E-state index contributed by atoms with van der Waals surface area (Å²) < 4.78 is 13.7. The van der Waals surface area contributed by atoms with Crippen molar-refractivity contribution in [2.24, 2.45) is 11.8 Å². The van der Waals surface area contributed by atoms with Crippen molar-refractivity contribution in [3.63, 3.8) is 0 Å². The molecule has 2 rings (SSSR count). The lowest BCUT2D eigenvalue weighted by atomic mass is 9.78. The number of carbonyl (C=O) groups excluding carboxylic acids is 1. The fourth-order valence-corrected chi connectivity index (χ4v) is 3.14. The Balaban J connectivity index is 1.99. The molecule has 1 aliphatic rings. The molecule has 1 aromatic rings. The van der Waals surface area contributed by atoms with Gasteiger partial charge in [0.1, 0.15) is 5.82 Å². The summed E-state index contributed by atoms with van der Waals surface area (Å²) >= 11 is 5.95. The molecular formula is C16H21ClFNO. The lowest BCUT2D eigenvalue weighted by Gasteiger charge is -2.34. The van der Waals surface area contributed by atoms with Gasteiger partial charge in [0.25, 0.3) is 0 Å². The molecule has 3 unspecified atom stereocenters. The zero-order chi connectivity index (χ0) is 14.7. The smallest absolute Gasteiger partial charge is 0.224 e. The number of hydrogen-bond acceptors (Lipinski definition) is 1. The van der Waals surface area contributed by atoms with Gasteiger partial charge in [-0.05, 0) is 30.4 Å². The van der Waals surface area contributed by atoms with Crippen LogP contribution in [0.25, 0.3) is 0 Å².